The molecule has 0 bridgehead atoms. The molecule has 1 N–H and O–H groups in total. The summed E-state index contributed by atoms with van der Waals surface area (Å²) in [4.78, 5) is 4.47. The van der Waals surface area contributed by atoms with E-state index >= 15 is 0 Å². The minimum atomic E-state index is -0.188. The maximum Gasteiger partial charge on any atom is 0.0834 e. The van der Waals surface area contributed by atoms with Crippen molar-refractivity contribution in [2.75, 3.05) is 33.7 Å². The average molecular weight is 200 g/mol. The molecule has 1 aliphatic heterocycles. The Morgan fingerprint density at radius 2 is 1.86 bits per heavy atom. The third-order valence-corrected chi connectivity index (χ3v) is 2.70. The van der Waals surface area contributed by atoms with Gasteiger partial charge in [-0.15, -0.1) is 0 Å². The molecule has 0 aromatic rings. The summed E-state index contributed by atoms with van der Waals surface area (Å²) in [5, 5.41) is 9.84. The normalized spacial score (nSPS) is 30.2. The third-order valence-electron chi connectivity index (χ3n) is 2.70. The number of hydrogen-bond donors (Lipinski definition) is 1. The first-order valence-corrected chi connectivity index (χ1v) is 5.36. The van der Waals surface area contributed by atoms with Crippen molar-refractivity contribution >= 4 is 0 Å². The number of likely N-dealkylation sites (tertiary alicyclic amines) is 1. The molecule has 0 aromatic heterocycles. The largest absolute Gasteiger partial charge is 0.390 e. The Balaban J connectivity index is 2.47. The molecule has 84 valence electrons. The van der Waals surface area contributed by atoms with Crippen LogP contribution in [-0.2, 0) is 0 Å². The Morgan fingerprint density at radius 3 is 2.21 bits per heavy atom. The van der Waals surface area contributed by atoms with Crippen LogP contribution in [0.1, 0.15) is 20.8 Å². The fourth-order valence-electron chi connectivity index (χ4n) is 2.15. The van der Waals surface area contributed by atoms with Crippen molar-refractivity contribution in [1.29, 1.82) is 0 Å². The highest BCUT2D eigenvalue weighted by molar-refractivity contribution is 4.90. The maximum absolute atomic E-state index is 9.84. The van der Waals surface area contributed by atoms with Gasteiger partial charge in [-0.25, -0.2) is 0 Å². The van der Waals surface area contributed by atoms with Crippen LogP contribution in [-0.4, -0.2) is 60.8 Å². The van der Waals surface area contributed by atoms with Crippen molar-refractivity contribution in [2.24, 2.45) is 5.41 Å². The Labute approximate surface area is 87.7 Å². The Hall–Kier alpha value is -0.120. The Bertz CT molecular complexity index is 186. The third kappa shape index (κ3) is 3.23. The number of aliphatic hydroxyl groups excluding tert-OH is 1. The van der Waals surface area contributed by atoms with Crippen LogP contribution < -0.4 is 0 Å². The van der Waals surface area contributed by atoms with Crippen LogP contribution in [0.5, 0.6) is 0 Å². The molecule has 0 amide bonds. The van der Waals surface area contributed by atoms with Crippen molar-refractivity contribution in [3.8, 4) is 0 Å². The first-order chi connectivity index (χ1) is 6.29. The fraction of sp³-hybridized carbons (Fsp3) is 1.00. The van der Waals surface area contributed by atoms with Gasteiger partial charge in [0.1, 0.15) is 0 Å². The second-order valence-corrected chi connectivity index (χ2v) is 5.85. The van der Waals surface area contributed by atoms with E-state index < -0.39 is 0 Å². The van der Waals surface area contributed by atoms with Gasteiger partial charge >= 0.3 is 0 Å². The zero-order chi connectivity index (χ0) is 10.9. The van der Waals surface area contributed by atoms with Gasteiger partial charge in [-0.2, -0.15) is 0 Å². The number of nitrogens with zero attached hydrogens (tertiary/aromatic N) is 2. The van der Waals surface area contributed by atoms with Gasteiger partial charge in [-0.1, -0.05) is 20.8 Å². The van der Waals surface area contributed by atoms with Crippen molar-refractivity contribution in [2.45, 2.75) is 32.9 Å². The predicted molar refractivity (Wildman–Crippen MR) is 59.4 cm³/mol. The van der Waals surface area contributed by atoms with E-state index in [0.717, 1.165) is 19.6 Å². The van der Waals surface area contributed by atoms with Gasteiger partial charge < -0.3 is 10.0 Å². The van der Waals surface area contributed by atoms with Gasteiger partial charge in [-0.3, -0.25) is 4.90 Å². The van der Waals surface area contributed by atoms with Crippen LogP contribution in [0.25, 0.3) is 0 Å². The van der Waals surface area contributed by atoms with Gasteiger partial charge in [-0.05, 0) is 19.5 Å². The quantitative estimate of drug-likeness (QED) is 0.708. The molecule has 14 heavy (non-hydrogen) atoms. The van der Waals surface area contributed by atoms with E-state index in [0.29, 0.717) is 11.5 Å². The summed E-state index contributed by atoms with van der Waals surface area (Å²) in [5.74, 6) is 0. The molecule has 0 aliphatic carbocycles. The molecule has 3 nitrogen and oxygen atoms in total. The van der Waals surface area contributed by atoms with Crippen molar-refractivity contribution < 1.29 is 5.11 Å². The molecule has 1 aliphatic rings. The second kappa shape index (κ2) is 4.17. The molecule has 1 heterocycles. The van der Waals surface area contributed by atoms with Gasteiger partial charge in [0.2, 0.25) is 0 Å². The number of likely N-dealkylation sites (N-methyl/N-ethyl adjacent to an activating group) is 1. The highest BCUT2D eigenvalue weighted by Gasteiger charge is 2.33. The van der Waals surface area contributed by atoms with E-state index in [1.807, 2.05) is 14.1 Å². The van der Waals surface area contributed by atoms with E-state index in [4.69, 9.17) is 0 Å². The molecule has 1 rings (SSSR count). The molecule has 1 saturated heterocycles. The van der Waals surface area contributed by atoms with Crippen LogP contribution in [0, 0.1) is 5.41 Å². The highest BCUT2D eigenvalue weighted by atomic mass is 16.3. The van der Waals surface area contributed by atoms with Crippen LogP contribution in [0.3, 0.4) is 0 Å². The lowest BCUT2D eigenvalue weighted by molar-refractivity contribution is 0.111. The van der Waals surface area contributed by atoms with Crippen LogP contribution in [0.2, 0.25) is 0 Å². The molecule has 1 fully saturated rings. The first-order valence-electron chi connectivity index (χ1n) is 5.36. The van der Waals surface area contributed by atoms with Gasteiger partial charge in [0.15, 0.2) is 0 Å². The van der Waals surface area contributed by atoms with E-state index in [-0.39, 0.29) is 6.10 Å². The zero-order valence-electron chi connectivity index (χ0n) is 10.1. The summed E-state index contributed by atoms with van der Waals surface area (Å²) in [6, 6.07) is 0.303. The molecule has 0 radical (unpaired) electrons. The lowest BCUT2D eigenvalue weighted by Crippen LogP contribution is -2.38. The van der Waals surface area contributed by atoms with E-state index in [9.17, 15) is 5.11 Å². The van der Waals surface area contributed by atoms with Gasteiger partial charge in [0.25, 0.3) is 0 Å². The second-order valence-electron chi connectivity index (χ2n) is 5.85. The SMILES string of the molecule is CN(C)[C@H]1CN(CC(C)(C)C)C[C@@H]1O. The zero-order valence-corrected chi connectivity index (χ0v) is 10.1. The van der Waals surface area contributed by atoms with E-state index in [1.165, 1.54) is 0 Å². The molecule has 2 atom stereocenters. The van der Waals surface area contributed by atoms with Gasteiger partial charge in [0.05, 0.1) is 6.10 Å². The van der Waals surface area contributed by atoms with Crippen molar-refractivity contribution in [3.63, 3.8) is 0 Å². The summed E-state index contributed by atoms with van der Waals surface area (Å²) in [6.07, 6.45) is -0.188. The molecule has 0 spiro atoms. The van der Waals surface area contributed by atoms with Crippen LogP contribution in [0.4, 0.5) is 0 Å². The Morgan fingerprint density at radius 1 is 1.29 bits per heavy atom. The number of aliphatic hydroxyl groups is 1. The smallest absolute Gasteiger partial charge is 0.0834 e. The van der Waals surface area contributed by atoms with Crippen LogP contribution >= 0.6 is 0 Å². The first kappa shape index (κ1) is 12.0. The average Bonchev–Trinajstić information content (AvgIpc) is 2.26. The summed E-state index contributed by atoms with van der Waals surface area (Å²) in [6.45, 7) is 9.59. The summed E-state index contributed by atoms with van der Waals surface area (Å²) < 4.78 is 0. The Kier molecular flexibility index (Phi) is 3.56. The molecular formula is C11H24N2O. The monoisotopic (exact) mass is 200 g/mol. The van der Waals surface area contributed by atoms with Crippen molar-refractivity contribution in [1.82, 2.24) is 9.80 Å². The number of rotatable bonds is 2. The van der Waals surface area contributed by atoms with E-state index in [1.54, 1.807) is 0 Å². The minimum absolute atomic E-state index is 0.188. The molecule has 0 unspecified atom stereocenters. The van der Waals surface area contributed by atoms with Gasteiger partial charge in [0, 0.05) is 25.7 Å². The van der Waals surface area contributed by atoms with Crippen LogP contribution in [0.15, 0.2) is 0 Å². The molecule has 0 saturated carbocycles. The standard InChI is InChI=1S/C11H24N2O/c1-11(2,3)8-13-6-9(12(4)5)10(14)7-13/h9-10,14H,6-8H2,1-5H3/t9-,10-/m0/s1. The summed E-state index contributed by atoms with van der Waals surface area (Å²) >= 11 is 0. The minimum Gasteiger partial charge on any atom is -0.390 e. The van der Waals surface area contributed by atoms with E-state index in [2.05, 4.69) is 30.6 Å². The van der Waals surface area contributed by atoms with Crippen molar-refractivity contribution in [3.05, 3.63) is 0 Å². The maximum atomic E-state index is 9.84. The molecule has 0 aromatic carbocycles. The molecular weight excluding hydrogens is 176 g/mol. The lowest BCUT2D eigenvalue weighted by atomic mass is 9.96. The topological polar surface area (TPSA) is 26.7 Å². The summed E-state index contributed by atoms with van der Waals surface area (Å²) in [7, 11) is 4.07. The summed E-state index contributed by atoms with van der Waals surface area (Å²) in [5.41, 5.74) is 0.320. The molecule has 3 heteroatoms. The highest BCUT2D eigenvalue weighted by Crippen LogP contribution is 2.21. The predicted octanol–water partition coefficient (Wildman–Crippen LogP) is 0.639. The number of hydrogen-bond acceptors (Lipinski definition) is 3. The fourth-order valence-corrected chi connectivity index (χ4v) is 2.15. The lowest BCUT2D eigenvalue weighted by Gasteiger charge is -2.26. The number of β-amino-alcohol motifs (C(OH)–C–C–N with tert-alkyl or cyclic N) is 1.